The maximum atomic E-state index is 12.6. The van der Waals surface area contributed by atoms with Crippen molar-refractivity contribution in [1.29, 1.82) is 0 Å². The van der Waals surface area contributed by atoms with Gasteiger partial charge in [-0.15, -0.1) is 0 Å². The van der Waals surface area contributed by atoms with Crippen LogP contribution in [-0.2, 0) is 0 Å². The molecular weight excluding hydrogens is 165 g/mol. The fraction of sp³-hybridized carbons (Fsp3) is 0. The van der Waals surface area contributed by atoms with E-state index in [0.717, 1.165) is 6.07 Å². The lowest BCUT2D eigenvalue weighted by molar-refractivity contribution is 0.432. The van der Waals surface area contributed by atoms with Crippen molar-refractivity contribution in [3.8, 4) is 5.75 Å². The van der Waals surface area contributed by atoms with Gasteiger partial charge in [-0.3, -0.25) is 0 Å². The molecule has 0 heterocycles. The molecule has 0 saturated carbocycles. The number of halogens is 1. The Bertz CT molecular complexity index is 300. The Morgan fingerprint density at radius 3 is 2.64 bits per heavy atom. The van der Waals surface area contributed by atoms with Crippen molar-refractivity contribution in [1.82, 2.24) is 0 Å². The van der Waals surface area contributed by atoms with Crippen LogP contribution >= 0.6 is 12.2 Å². The number of aromatic hydroxyl groups is 1. The van der Waals surface area contributed by atoms with Crippen LogP contribution in [0.3, 0.4) is 0 Å². The lowest BCUT2D eigenvalue weighted by Gasteiger charge is -1.98. The number of rotatable bonds is 1. The zero-order valence-electron chi connectivity index (χ0n) is 5.54. The third-order valence-electron chi connectivity index (χ3n) is 1.23. The average Bonchev–Trinajstić information content (AvgIpc) is 1.94. The van der Waals surface area contributed by atoms with E-state index >= 15 is 0 Å². The zero-order chi connectivity index (χ0) is 8.43. The Labute approximate surface area is 68.5 Å². The van der Waals surface area contributed by atoms with Crippen LogP contribution in [0.15, 0.2) is 18.2 Å². The van der Waals surface area contributed by atoms with Gasteiger partial charge in [-0.1, -0.05) is 12.2 Å². The quantitative estimate of drug-likeness (QED) is 0.623. The highest BCUT2D eigenvalue weighted by Gasteiger charge is 2.02. The molecule has 1 rings (SSSR count). The first-order chi connectivity index (χ1) is 5.11. The van der Waals surface area contributed by atoms with Crippen molar-refractivity contribution in [2.24, 2.45) is 5.73 Å². The van der Waals surface area contributed by atoms with Crippen molar-refractivity contribution in [3.63, 3.8) is 0 Å². The third-order valence-corrected chi connectivity index (χ3v) is 1.47. The summed E-state index contributed by atoms with van der Waals surface area (Å²) in [5.41, 5.74) is 5.63. The first-order valence-electron chi connectivity index (χ1n) is 2.89. The van der Waals surface area contributed by atoms with Gasteiger partial charge in [0.05, 0.1) is 0 Å². The second-order valence-corrected chi connectivity index (χ2v) is 2.47. The summed E-state index contributed by atoms with van der Waals surface area (Å²) in [5.74, 6) is -1.11. The second kappa shape index (κ2) is 2.84. The highest BCUT2D eigenvalue weighted by Crippen LogP contribution is 2.15. The summed E-state index contributed by atoms with van der Waals surface area (Å²) in [6.07, 6.45) is 0. The molecule has 4 heteroatoms. The van der Waals surface area contributed by atoms with Crippen LogP contribution in [0.4, 0.5) is 4.39 Å². The van der Waals surface area contributed by atoms with E-state index in [1.54, 1.807) is 0 Å². The summed E-state index contributed by atoms with van der Waals surface area (Å²) >= 11 is 4.59. The molecule has 0 spiro atoms. The molecule has 0 amide bonds. The molecule has 2 nitrogen and oxygen atoms in total. The first kappa shape index (κ1) is 7.94. The lowest BCUT2D eigenvalue weighted by Crippen LogP contribution is -2.09. The molecule has 0 atom stereocenters. The maximum Gasteiger partial charge on any atom is 0.165 e. The Kier molecular flexibility index (Phi) is 2.05. The van der Waals surface area contributed by atoms with Crippen molar-refractivity contribution < 1.29 is 9.50 Å². The molecule has 0 unspecified atom stereocenters. The average molecular weight is 171 g/mol. The van der Waals surface area contributed by atoms with Gasteiger partial charge in [-0.2, -0.15) is 0 Å². The highest BCUT2D eigenvalue weighted by molar-refractivity contribution is 7.80. The fourth-order valence-electron chi connectivity index (χ4n) is 0.660. The van der Waals surface area contributed by atoms with Gasteiger partial charge in [0.25, 0.3) is 0 Å². The smallest absolute Gasteiger partial charge is 0.165 e. The summed E-state index contributed by atoms with van der Waals surface area (Å²) in [5, 5.41) is 8.77. The lowest BCUT2D eigenvalue weighted by atomic mass is 10.2. The number of hydrogen-bond acceptors (Lipinski definition) is 2. The van der Waals surface area contributed by atoms with Crippen LogP contribution in [0.1, 0.15) is 5.56 Å². The van der Waals surface area contributed by atoms with E-state index in [1.165, 1.54) is 12.1 Å². The van der Waals surface area contributed by atoms with Crippen LogP contribution < -0.4 is 5.73 Å². The minimum absolute atomic E-state index is 0.115. The van der Waals surface area contributed by atoms with Crippen LogP contribution in [0.25, 0.3) is 0 Å². The van der Waals surface area contributed by atoms with Crippen LogP contribution in [0.5, 0.6) is 5.75 Å². The second-order valence-electron chi connectivity index (χ2n) is 2.03. The summed E-state index contributed by atoms with van der Waals surface area (Å²) in [6.45, 7) is 0. The first-order valence-corrected chi connectivity index (χ1v) is 3.30. The number of benzene rings is 1. The number of thiocarbonyl (C=S) groups is 1. The SMILES string of the molecule is NC(=S)c1ccc(O)c(F)c1. The minimum atomic E-state index is -0.713. The minimum Gasteiger partial charge on any atom is -0.505 e. The van der Waals surface area contributed by atoms with Gasteiger partial charge < -0.3 is 10.8 Å². The normalized spacial score (nSPS) is 9.55. The largest absolute Gasteiger partial charge is 0.505 e. The number of phenolic OH excluding ortho intramolecular Hbond substituents is 1. The van der Waals surface area contributed by atoms with Gasteiger partial charge in [0.1, 0.15) is 4.99 Å². The van der Waals surface area contributed by atoms with Gasteiger partial charge in [0.2, 0.25) is 0 Å². The highest BCUT2D eigenvalue weighted by atomic mass is 32.1. The molecule has 11 heavy (non-hydrogen) atoms. The molecule has 3 N–H and O–H groups in total. The van der Waals surface area contributed by atoms with Crippen molar-refractivity contribution in [3.05, 3.63) is 29.6 Å². The monoisotopic (exact) mass is 171 g/mol. The van der Waals surface area contributed by atoms with E-state index in [0.29, 0.717) is 5.56 Å². The molecule has 0 radical (unpaired) electrons. The molecule has 0 bridgehead atoms. The molecular formula is C7H6FNOS. The third kappa shape index (κ3) is 1.65. The van der Waals surface area contributed by atoms with Crippen molar-refractivity contribution >= 4 is 17.2 Å². The van der Waals surface area contributed by atoms with Crippen molar-refractivity contribution in [2.45, 2.75) is 0 Å². The summed E-state index contributed by atoms with van der Waals surface area (Å²) < 4.78 is 12.6. The van der Waals surface area contributed by atoms with E-state index in [-0.39, 0.29) is 4.99 Å². The summed E-state index contributed by atoms with van der Waals surface area (Å²) in [4.78, 5) is 0.115. The van der Waals surface area contributed by atoms with E-state index in [2.05, 4.69) is 12.2 Å². The molecule has 1 aromatic carbocycles. The standard InChI is InChI=1S/C7H6FNOS/c8-5-3-4(7(9)11)1-2-6(5)10/h1-3,10H,(H2,9,11). The predicted molar refractivity (Wildman–Crippen MR) is 44.0 cm³/mol. The summed E-state index contributed by atoms with van der Waals surface area (Å²) in [7, 11) is 0. The van der Waals surface area contributed by atoms with E-state index in [4.69, 9.17) is 10.8 Å². The molecule has 58 valence electrons. The molecule has 1 aromatic rings. The van der Waals surface area contributed by atoms with Gasteiger partial charge in [0, 0.05) is 5.56 Å². The van der Waals surface area contributed by atoms with Crippen LogP contribution in [-0.4, -0.2) is 10.1 Å². The van der Waals surface area contributed by atoms with Gasteiger partial charge in [-0.25, -0.2) is 4.39 Å². The van der Waals surface area contributed by atoms with Crippen molar-refractivity contribution in [2.75, 3.05) is 0 Å². The van der Waals surface area contributed by atoms with E-state index in [9.17, 15) is 4.39 Å². The van der Waals surface area contributed by atoms with E-state index in [1.807, 2.05) is 0 Å². The summed E-state index contributed by atoms with van der Waals surface area (Å²) in [6, 6.07) is 3.77. The number of phenols is 1. The maximum absolute atomic E-state index is 12.6. The topological polar surface area (TPSA) is 46.2 Å². The Morgan fingerprint density at radius 2 is 2.18 bits per heavy atom. The molecule has 0 aliphatic carbocycles. The van der Waals surface area contributed by atoms with Gasteiger partial charge >= 0.3 is 0 Å². The molecule has 0 fully saturated rings. The van der Waals surface area contributed by atoms with E-state index < -0.39 is 11.6 Å². The van der Waals surface area contributed by atoms with Gasteiger partial charge in [-0.05, 0) is 18.2 Å². The van der Waals surface area contributed by atoms with Crippen LogP contribution in [0.2, 0.25) is 0 Å². The zero-order valence-corrected chi connectivity index (χ0v) is 6.36. The Hall–Kier alpha value is -1.16. The molecule has 0 aliphatic rings. The fourth-order valence-corrected chi connectivity index (χ4v) is 0.787. The van der Waals surface area contributed by atoms with Crippen LogP contribution in [0, 0.1) is 5.82 Å². The Morgan fingerprint density at radius 1 is 1.55 bits per heavy atom. The predicted octanol–water partition coefficient (Wildman–Crippen LogP) is 1.17. The Balaban J connectivity index is 3.15. The van der Waals surface area contributed by atoms with Gasteiger partial charge in [0.15, 0.2) is 11.6 Å². The number of nitrogens with two attached hydrogens (primary N) is 1. The molecule has 0 aromatic heterocycles. The molecule has 0 saturated heterocycles. The number of hydrogen-bond donors (Lipinski definition) is 2. The molecule has 0 aliphatic heterocycles.